The molecule has 6 aromatic rings. The van der Waals surface area contributed by atoms with Gasteiger partial charge in [-0.25, -0.2) is 34.6 Å². The van der Waals surface area contributed by atoms with E-state index in [9.17, 15) is 9.59 Å². The van der Waals surface area contributed by atoms with Gasteiger partial charge in [0.2, 0.25) is 11.9 Å². The van der Waals surface area contributed by atoms with Crippen LogP contribution in [0.25, 0.3) is 33.4 Å². The van der Waals surface area contributed by atoms with Crippen LogP contribution in [-0.2, 0) is 25.5 Å². The fourth-order valence-electron chi connectivity index (χ4n) is 6.70. The maximum Gasteiger partial charge on any atom is 0.292 e. The lowest BCUT2D eigenvalue weighted by atomic mass is 10.1. The zero-order valence-corrected chi connectivity index (χ0v) is 33.7. The molecule has 5 N–H and O–H groups in total. The number of aryl methyl sites for hydroxylation is 1. The summed E-state index contributed by atoms with van der Waals surface area (Å²) in [6.07, 6.45) is 16.4. The zero-order valence-electron chi connectivity index (χ0n) is 33.7. The second-order valence-corrected chi connectivity index (χ2v) is 14.1. The Morgan fingerprint density at radius 3 is 2.18 bits per heavy atom. The number of piperazine rings is 1. The fraction of sp³-hybridized carbons (Fsp3) is 0.415. The van der Waals surface area contributed by atoms with E-state index in [2.05, 4.69) is 55.9 Å². The highest BCUT2D eigenvalue weighted by molar-refractivity contribution is 5.99. The number of fused-ring (bicyclic) bond motifs is 2. The van der Waals surface area contributed by atoms with Crippen molar-refractivity contribution in [3.05, 3.63) is 60.4 Å². The lowest BCUT2D eigenvalue weighted by Crippen LogP contribution is -2.47. The molecule has 1 aliphatic heterocycles. The first kappa shape index (κ1) is 42.3. The van der Waals surface area contributed by atoms with Crippen LogP contribution in [0.15, 0.2) is 53.7 Å². The van der Waals surface area contributed by atoms with Gasteiger partial charge in [0, 0.05) is 82.5 Å². The Kier molecular flexibility index (Phi) is 14.5. The summed E-state index contributed by atoms with van der Waals surface area (Å²) in [5.74, 6) is 3.95. The smallest absolute Gasteiger partial charge is 0.292 e. The molecule has 0 atom stereocenters. The van der Waals surface area contributed by atoms with E-state index in [0.29, 0.717) is 148 Å². The van der Waals surface area contributed by atoms with Crippen LogP contribution in [0.1, 0.15) is 48.0 Å². The number of nitrogens with two attached hydrogens (primary N) is 2. The second-order valence-electron chi connectivity index (χ2n) is 14.1. The van der Waals surface area contributed by atoms with Gasteiger partial charge in [0.15, 0.2) is 11.2 Å². The molecule has 1 fully saturated rings. The van der Waals surface area contributed by atoms with Crippen LogP contribution in [0.4, 0.5) is 23.7 Å². The number of aromatic nitrogens is 9. The predicted octanol–water partition coefficient (Wildman–Crippen LogP) is 2.69. The molecule has 318 valence electrons. The van der Waals surface area contributed by atoms with Crippen LogP contribution in [0.5, 0.6) is 0 Å². The Hall–Kier alpha value is -6.82. The molecular formula is C41H48N14O6. The Balaban J connectivity index is 0.684. The first-order valence-corrected chi connectivity index (χ1v) is 20.1. The van der Waals surface area contributed by atoms with Crippen LogP contribution >= 0.6 is 0 Å². The summed E-state index contributed by atoms with van der Waals surface area (Å²) in [5.41, 5.74) is 16.3. The van der Waals surface area contributed by atoms with E-state index in [1.165, 1.54) is 18.7 Å². The molecule has 6 heterocycles. The molecule has 7 rings (SSSR count). The van der Waals surface area contributed by atoms with Crippen molar-refractivity contribution in [2.45, 2.75) is 38.6 Å². The number of carbonyl (C=O) groups excluding carboxylic acids is 2. The molecule has 20 heteroatoms. The Labute approximate surface area is 351 Å². The van der Waals surface area contributed by atoms with Gasteiger partial charge in [0.25, 0.3) is 11.9 Å². The van der Waals surface area contributed by atoms with Gasteiger partial charge in [-0.1, -0.05) is 12.3 Å². The van der Waals surface area contributed by atoms with Crippen molar-refractivity contribution in [2.75, 3.05) is 93.6 Å². The summed E-state index contributed by atoms with van der Waals surface area (Å²) in [6.45, 7) is 5.94. The third-order valence-corrected chi connectivity index (χ3v) is 9.91. The van der Waals surface area contributed by atoms with Crippen molar-refractivity contribution in [3.8, 4) is 23.6 Å². The minimum Gasteiger partial charge on any atom is -0.424 e. The molecule has 0 aliphatic carbocycles. The van der Waals surface area contributed by atoms with E-state index in [0.717, 1.165) is 24.8 Å². The molecule has 20 nitrogen and oxygen atoms in total. The maximum atomic E-state index is 12.6. The molecule has 0 radical (unpaired) electrons. The molecule has 1 amide bonds. The minimum absolute atomic E-state index is 0.0959. The highest BCUT2D eigenvalue weighted by atomic mass is 16.5. The molecule has 1 aromatic carbocycles. The summed E-state index contributed by atoms with van der Waals surface area (Å²) in [5, 5.41) is 8.30. The number of carbonyl (C=O) groups is 2. The number of hydrogen-bond donors (Lipinski definition) is 3. The first-order valence-electron chi connectivity index (χ1n) is 20.1. The van der Waals surface area contributed by atoms with Crippen molar-refractivity contribution in [1.29, 1.82) is 0 Å². The number of anilines is 4. The van der Waals surface area contributed by atoms with Gasteiger partial charge in [0.1, 0.15) is 29.1 Å². The van der Waals surface area contributed by atoms with Gasteiger partial charge in [-0.15, -0.1) is 6.42 Å². The number of ketones is 1. The number of Topliss-reactive ketones (excluding diaryl/α,β-unsaturated/α-hetero) is 1. The lowest BCUT2D eigenvalue weighted by Gasteiger charge is -2.34. The predicted molar refractivity (Wildman–Crippen MR) is 226 cm³/mol. The van der Waals surface area contributed by atoms with Crippen LogP contribution in [0.2, 0.25) is 0 Å². The molecule has 0 bridgehead atoms. The number of benzene rings is 1. The Morgan fingerprint density at radius 1 is 0.803 bits per heavy atom. The highest BCUT2D eigenvalue weighted by Crippen LogP contribution is 2.32. The molecule has 61 heavy (non-hydrogen) atoms. The molecule has 0 unspecified atom stereocenters. The molecule has 1 aliphatic rings. The second kappa shape index (κ2) is 20.9. The van der Waals surface area contributed by atoms with Crippen LogP contribution in [0.3, 0.4) is 0 Å². The van der Waals surface area contributed by atoms with E-state index in [4.69, 9.17) is 41.6 Å². The molecular weight excluding hydrogens is 785 g/mol. The number of terminal acetylenes is 1. The first-order chi connectivity index (χ1) is 29.9. The molecule has 5 aromatic heterocycles. The topological polar surface area (TPSA) is 254 Å². The van der Waals surface area contributed by atoms with Crippen molar-refractivity contribution in [3.63, 3.8) is 0 Å². The Bertz CT molecular complexity index is 2420. The normalized spacial score (nSPS) is 12.9. The number of nitrogens with one attached hydrogen (secondary N) is 1. The fourth-order valence-corrected chi connectivity index (χ4v) is 6.70. The summed E-state index contributed by atoms with van der Waals surface area (Å²) >= 11 is 0. The van der Waals surface area contributed by atoms with Gasteiger partial charge in [0.05, 0.1) is 56.2 Å². The van der Waals surface area contributed by atoms with Crippen molar-refractivity contribution in [1.82, 2.24) is 50.0 Å². The average Bonchev–Trinajstić information content (AvgIpc) is 3.86. The number of ether oxygens (including phenoxy) is 3. The van der Waals surface area contributed by atoms with E-state index < -0.39 is 0 Å². The SMILES string of the molecule is C#Cc1cnc(N2CCN(c3ncc(C(=O)NCCOCCOCCOCCC(=O)CCCCCn4nc(-c5ccc6oc(N)nc6c5)c5c(N)ncnc54)cn3)CC2)nc1. The lowest BCUT2D eigenvalue weighted by molar-refractivity contribution is -0.120. The summed E-state index contributed by atoms with van der Waals surface area (Å²) < 4.78 is 23.9. The number of unbranched alkanes of at least 4 members (excludes halogenated alkanes) is 2. The van der Waals surface area contributed by atoms with Gasteiger partial charge in [-0.2, -0.15) is 10.1 Å². The average molecular weight is 833 g/mol. The Morgan fingerprint density at radius 2 is 1.48 bits per heavy atom. The number of oxazole rings is 1. The summed E-state index contributed by atoms with van der Waals surface area (Å²) in [4.78, 5) is 59.4. The van der Waals surface area contributed by atoms with E-state index in [1.54, 1.807) is 18.5 Å². The number of nitrogen functional groups attached to an aromatic ring is 2. The highest BCUT2D eigenvalue weighted by Gasteiger charge is 2.22. The van der Waals surface area contributed by atoms with Crippen molar-refractivity contribution >= 4 is 57.6 Å². The van der Waals surface area contributed by atoms with Gasteiger partial charge in [-0.05, 0) is 31.0 Å². The van der Waals surface area contributed by atoms with Gasteiger partial charge < -0.3 is 45.2 Å². The van der Waals surface area contributed by atoms with Crippen molar-refractivity contribution in [2.24, 2.45) is 0 Å². The summed E-state index contributed by atoms with van der Waals surface area (Å²) in [6, 6.07) is 5.62. The van der Waals surface area contributed by atoms with Crippen LogP contribution in [0, 0.1) is 12.3 Å². The molecule has 0 saturated carbocycles. The number of rotatable bonds is 22. The summed E-state index contributed by atoms with van der Waals surface area (Å²) in [7, 11) is 0. The van der Waals surface area contributed by atoms with Crippen LogP contribution in [-0.4, -0.2) is 129 Å². The monoisotopic (exact) mass is 832 g/mol. The largest absolute Gasteiger partial charge is 0.424 e. The zero-order chi connectivity index (χ0) is 42.4. The number of nitrogens with zero attached hydrogens (tertiary/aromatic N) is 11. The minimum atomic E-state index is -0.276. The third-order valence-electron chi connectivity index (χ3n) is 9.91. The van der Waals surface area contributed by atoms with E-state index in [1.807, 2.05) is 16.8 Å². The number of hydrogen-bond acceptors (Lipinski definition) is 18. The van der Waals surface area contributed by atoms with Gasteiger partial charge >= 0.3 is 0 Å². The number of amides is 1. The quantitative estimate of drug-likeness (QED) is 0.0656. The maximum absolute atomic E-state index is 12.6. The van der Waals surface area contributed by atoms with Gasteiger partial charge in [-0.3, -0.25) is 9.59 Å². The molecule has 0 spiro atoms. The van der Waals surface area contributed by atoms with E-state index >= 15 is 0 Å². The van der Waals surface area contributed by atoms with E-state index in [-0.39, 0.29) is 17.7 Å². The van der Waals surface area contributed by atoms with Crippen molar-refractivity contribution < 1.29 is 28.2 Å². The standard InChI is InChI=1S/C41H48N14O6/c1-2-28-23-45-40(46-24-28)53-12-14-54(15-13-53)41-47-25-30(26-48-41)38(57)44-10-17-59-19-21-60-20-18-58-16-9-31(56)6-4-3-5-11-55-37-34(36(42)49-27-50-37)35(52-55)29-7-8-33-32(22-29)51-39(43)61-33/h1,7-8,22-27H,3-6,9-21H2,(H2,43,51)(H,44,57)(H2,42,49,50). The molecule has 1 saturated heterocycles. The van der Waals surface area contributed by atoms with Crippen LogP contribution < -0.4 is 26.6 Å². The third kappa shape index (κ3) is 11.3.